The Balaban J connectivity index is 1.45. The lowest BCUT2D eigenvalue weighted by molar-refractivity contribution is -0.137. The molecular formula is C26H34ClN7O4S. The molecule has 0 bridgehead atoms. The Morgan fingerprint density at radius 3 is 2.44 bits per heavy atom. The van der Waals surface area contributed by atoms with Crippen molar-refractivity contribution in [3.8, 4) is 0 Å². The molecule has 2 aromatic rings. The van der Waals surface area contributed by atoms with Crippen LogP contribution in [0.25, 0.3) is 0 Å². The van der Waals surface area contributed by atoms with Gasteiger partial charge in [0.25, 0.3) is 5.91 Å². The van der Waals surface area contributed by atoms with Crippen LogP contribution in [0.4, 0.5) is 5.82 Å². The zero-order valence-corrected chi connectivity index (χ0v) is 24.1. The first-order valence-electron chi connectivity index (χ1n) is 12.9. The van der Waals surface area contributed by atoms with E-state index in [1.54, 1.807) is 20.2 Å². The van der Waals surface area contributed by atoms with Gasteiger partial charge in [0, 0.05) is 43.2 Å². The monoisotopic (exact) mass is 575 g/mol. The second-order valence-electron chi connectivity index (χ2n) is 10.5. The van der Waals surface area contributed by atoms with Crippen LogP contribution in [0.5, 0.6) is 0 Å². The molecule has 1 unspecified atom stereocenters. The van der Waals surface area contributed by atoms with E-state index in [2.05, 4.69) is 44.9 Å². The van der Waals surface area contributed by atoms with E-state index in [0.717, 1.165) is 29.8 Å². The highest BCUT2D eigenvalue weighted by atomic mass is 35.5. The first kappa shape index (κ1) is 28.9. The van der Waals surface area contributed by atoms with Crippen LogP contribution in [0.2, 0.25) is 5.02 Å². The molecule has 2 aliphatic rings. The Morgan fingerprint density at radius 1 is 1.00 bits per heavy atom. The van der Waals surface area contributed by atoms with Crippen molar-refractivity contribution in [3.63, 3.8) is 0 Å². The van der Waals surface area contributed by atoms with E-state index in [1.807, 2.05) is 0 Å². The maximum absolute atomic E-state index is 13.3. The number of hydrogen-bond acceptors (Lipinski definition) is 8. The SMILES string of the molecule is CN(C)C(=O)[C@H]1CC[C@H](NC(=O)C(=O)Nc2ccc(Cl)cn2)[C@H](NC(=O)c2nc3c(s2)CC(N(C)C)CC3)C1. The Hall–Kier alpha value is -3.09. The molecule has 0 saturated heterocycles. The number of aromatic nitrogens is 2. The Bertz CT molecular complexity index is 1230. The Morgan fingerprint density at radius 2 is 1.77 bits per heavy atom. The number of thiazole rings is 1. The molecule has 0 aliphatic heterocycles. The predicted octanol–water partition coefficient (Wildman–Crippen LogP) is 1.72. The van der Waals surface area contributed by atoms with Crippen LogP contribution < -0.4 is 16.0 Å². The van der Waals surface area contributed by atoms with E-state index in [0.29, 0.717) is 35.3 Å². The Kier molecular flexibility index (Phi) is 9.19. The lowest BCUT2D eigenvalue weighted by Gasteiger charge is -2.37. The maximum Gasteiger partial charge on any atom is 0.314 e. The van der Waals surface area contributed by atoms with Gasteiger partial charge in [-0.15, -0.1) is 11.3 Å². The number of nitrogens with one attached hydrogen (secondary N) is 3. The van der Waals surface area contributed by atoms with Gasteiger partial charge in [-0.05, 0) is 64.8 Å². The minimum Gasteiger partial charge on any atom is -0.349 e. The molecule has 4 rings (SSSR count). The van der Waals surface area contributed by atoms with E-state index in [1.165, 1.54) is 28.5 Å². The number of fused-ring (bicyclic) bond motifs is 1. The summed E-state index contributed by atoms with van der Waals surface area (Å²) < 4.78 is 0. The molecule has 4 atom stereocenters. The van der Waals surface area contributed by atoms with Crippen LogP contribution in [0, 0.1) is 5.92 Å². The van der Waals surface area contributed by atoms with Crippen molar-refractivity contribution in [1.29, 1.82) is 0 Å². The summed E-state index contributed by atoms with van der Waals surface area (Å²) in [6.45, 7) is 0. The number of anilines is 1. The van der Waals surface area contributed by atoms with Crippen LogP contribution in [0.3, 0.4) is 0 Å². The number of rotatable bonds is 6. The standard InChI is InChI=1S/C26H34ClN7O4S/c1-33(2)16-7-9-18-20(12-16)39-25(31-18)24(37)30-19-11-14(26(38)34(3)4)5-8-17(19)29-22(35)23(36)32-21-10-6-15(27)13-28-21/h6,10,13-14,16-17,19H,5,7-9,11-12H2,1-4H3,(H,29,35)(H,30,37)(H,28,32,36)/t14-,16?,17-,19+/m0/s1. The second-order valence-corrected chi connectivity index (χ2v) is 12.0. The predicted molar refractivity (Wildman–Crippen MR) is 149 cm³/mol. The highest BCUT2D eigenvalue weighted by molar-refractivity contribution is 7.13. The van der Waals surface area contributed by atoms with E-state index in [-0.39, 0.29) is 23.6 Å². The largest absolute Gasteiger partial charge is 0.349 e. The van der Waals surface area contributed by atoms with Gasteiger partial charge in [-0.3, -0.25) is 19.2 Å². The molecule has 2 aliphatic carbocycles. The fourth-order valence-electron chi connectivity index (χ4n) is 5.07. The summed E-state index contributed by atoms with van der Waals surface area (Å²) in [6.07, 6.45) is 5.30. The van der Waals surface area contributed by atoms with Crippen molar-refractivity contribution >= 4 is 52.4 Å². The summed E-state index contributed by atoms with van der Waals surface area (Å²) in [5.41, 5.74) is 0.963. The molecule has 1 saturated carbocycles. The minimum absolute atomic E-state index is 0.0370. The van der Waals surface area contributed by atoms with Crippen molar-refractivity contribution in [1.82, 2.24) is 30.4 Å². The Labute approximate surface area is 236 Å². The van der Waals surface area contributed by atoms with Crippen LogP contribution in [0.15, 0.2) is 18.3 Å². The zero-order chi connectivity index (χ0) is 28.3. The molecule has 13 heteroatoms. The van der Waals surface area contributed by atoms with E-state index in [9.17, 15) is 19.2 Å². The number of pyridine rings is 1. The van der Waals surface area contributed by atoms with Gasteiger partial charge in [0.1, 0.15) is 5.82 Å². The number of nitrogens with zero attached hydrogens (tertiary/aromatic N) is 4. The smallest absolute Gasteiger partial charge is 0.314 e. The van der Waals surface area contributed by atoms with Gasteiger partial charge >= 0.3 is 11.8 Å². The van der Waals surface area contributed by atoms with Crippen molar-refractivity contribution in [3.05, 3.63) is 38.9 Å². The molecule has 210 valence electrons. The maximum atomic E-state index is 13.3. The molecule has 11 nitrogen and oxygen atoms in total. The molecule has 1 fully saturated rings. The summed E-state index contributed by atoms with van der Waals surface area (Å²) in [5, 5.41) is 8.97. The number of aryl methyl sites for hydroxylation is 1. The van der Waals surface area contributed by atoms with Crippen molar-refractivity contribution < 1.29 is 19.2 Å². The van der Waals surface area contributed by atoms with Gasteiger partial charge in [-0.2, -0.15) is 0 Å². The van der Waals surface area contributed by atoms with E-state index in [4.69, 9.17) is 11.6 Å². The van der Waals surface area contributed by atoms with Gasteiger partial charge in [0.15, 0.2) is 5.01 Å². The molecule has 4 amide bonds. The average Bonchev–Trinajstić information content (AvgIpc) is 3.34. The third kappa shape index (κ3) is 7.11. The van der Waals surface area contributed by atoms with E-state index >= 15 is 0 Å². The lowest BCUT2D eigenvalue weighted by atomic mass is 9.81. The number of halogens is 1. The van der Waals surface area contributed by atoms with Crippen molar-refractivity contribution in [2.45, 2.75) is 56.7 Å². The van der Waals surface area contributed by atoms with Crippen LogP contribution in [-0.4, -0.2) is 89.7 Å². The molecule has 2 aromatic heterocycles. The van der Waals surface area contributed by atoms with Gasteiger partial charge in [0.2, 0.25) is 5.91 Å². The first-order chi connectivity index (χ1) is 18.5. The van der Waals surface area contributed by atoms with Crippen molar-refractivity contribution in [2.24, 2.45) is 5.92 Å². The van der Waals surface area contributed by atoms with Crippen LogP contribution >= 0.6 is 22.9 Å². The van der Waals surface area contributed by atoms with Gasteiger partial charge in [0.05, 0.1) is 16.8 Å². The summed E-state index contributed by atoms with van der Waals surface area (Å²) in [4.78, 5) is 64.7. The van der Waals surface area contributed by atoms with Gasteiger partial charge in [-0.1, -0.05) is 11.6 Å². The third-order valence-corrected chi connectivity index (χ3v) is 8.63. The summed E-state index contributed by atoms with van der Waals surface area (Å²) in [6, 6.07) is 2.36. The van der Waals surface area contributed by atoms with Gasteiger partial charge < -0.3 is 25.8 Å². The van der Waals surface area contributed by atoms with Gasteiger partial charge in [-0.25, -0.2) is 9.97 Å². The highest BCUT2D eigenvalue weighted by Gasteiger charge is 2.37. The first-order valence-corrected chi connectivity index (χ1v) is 14.1. The van der Waals surface area contributed by atoms with Crippen LogP contribution in [0.1, 0.15) is 46.1 Å². The summed E-state index contributed by atoms with van der Waals surface area (Å²) in [7, 11) is 7.50. The average molecular weight is 576 g/mol. The number of likely N-dealkylation sites (N-methyl/N-ethyl adjacent to an activating group) is 1. The summed E-state index contributed by atoms with van der Waals surface area (Å²) >= 11 is 7.22. The number of hydrogen-bond donors (Lipinski definition) is 3. The third-order valence-electron chi connectivity index (χ3n) is 7.29. The van der Waals surface area contributed by atoms with Crippen LogP contribution in [-0.2, 0) is 27.2 Å². The highest BCUT2D eigenvalue weighted by Crippen LogP contribution is 2.30. The topological polar surface area (TPSA) is 137 Å². The normalized spacial score (nSPS) is 22.5. The second kappa shape index (κ2) is 12.4. The molecule has 0 aromatic carbocycles. The molecule has 0 spiro atoms. The quantitative estimate of drug-likeness (QED) is 0.446. The number of amides is 4. The minimum atomic E-state index is -0.885. The fourth-order valence-corrected chi connectivity index (χ4v) is 6.27. The fraction of sp³-hybridized carbons (Fsp3) is 0.538. The molecular weight excluding hydrogens is 542 g/mol. The number of carbonyl (C=O) groups excluding carboxylic acids is 4. The number of carbonyl (C=O) groups is 4. The molecule has 39 heavy (non-hydrogen) atoms. The van der Waals surface area contributed by atoms with E-state index < -0.39 is 23.9 Å². The molecule has 2 heterocycles. The zero-order valence-electron chi connectivity index (χ0n) is 22.5. The van der Waals surface area contributed by atoms with Crippen molar-refractivity contribution in [2.75, 3.05) is 33.5 Å². The molecule has 3 N–H and O–H groups in total. The lowest BCUT2D eigenvalue weighted by Crippen LogP contribution is -2.57. The summed E-state index contributed by atoms with van der Waals surface area (Å²) in [5.74, 6) is -2.24. The molecule has 0 radical (unpaired) electrons.